The van der Waals surface area contributed by atoms with E-state index in [1.165, 1.54) is 0 Å². The zero-order chi connectivity index (χ0) is 14.8. The normalized spacial score (nSPS) is 10.3. The van der Waals surface area contributed by atoms with Gasteiger partial charge in [-0.1, -0.05) is 44.2 Å². The van der Waals surface area contributed by atoms with E-state index in [0.29, 0.717) is 25.6 Å². The second kappa shape index (κ2) is 9.13. The molecule has 0 N–H and O–H groups in total. The van der Waals surface area contributed by atoms with E-state index >= 15 is 0 Å². The number of hydrogen-bond donors (Lipinski definition) is 0. The molecule has 0 unspecified atom stereocenters. The maximum absolute atomic E-state index is 11.4. The van der Waals surface area contributed by atoms with Gasteiger partial charge in [0.1, 0.15) is 0 Å². The number of esters is 2. The Hall–Kier alpha value is -1.84. The van der Waals surface area contributed by atoms with Crippen LogP contribution in [-0.4, -0.2) is 25.2 Å². The Bertz CT molecular complexity index is 412. The molecule has 4 nitrogen and oxygen atoms in total. The quantitative estimate of drug-likeness (QED) is 0.686. The van der Waals surface area contributed by atoms with E-state index in [0.717, 1.165) is 5.56 Å². The first-order valence-corrected chi connectivity index (χ1v) is 6.93. The average Bonchev–Trinajstić information content (AvgIpc) is 2.44. The molecule has 0 amide bonds. The minimum Gasteiger partial charge on any atom is -0.465 e. The van der Waals surface area contributed by atoms with Crippen LogP contribution in [0.25, 0.3) is 0 Å². The molecule has 0 heterocycles. The highest BCUT2D eigenvalue weighted by Gasteiger charge is 2.09. The summed E-state index contributed by atoms with van der Waals surface area (Å²) in [5, 5.41) is 0. The maximum atomic E-state index is 11.4. The van der Waals surface area contributed by atoms with Crippen LogP contribution in [0.1, 0.15) is 32.3 Å². The number of benzene rings is 1. The molecule has 0 saturated heterocycles. The molecule has 0 fully saturated rings. The van der Waals surface area contributed by atoms with Crippen LogP contribution >= 0.6 is 0 Å². The molecule has 0 atom stereocenters. The summed E-state index contributed by atoms with van der Waals surface area (Å²) in [4.78, 5) is 22.8. The molecule has 1 aromatic rings. The summed E-state index contributed by atoms with van der Waals surface area (Å²) in [5.41, 5.74) is 1.12. The summed E-state index contributed by atoms with van der Waals surface area (Å²) < 4.78 is 10.1. The molecule has 4 heteroatoms. The third-order valence-corrected chi connectivity index (χ3v) is 2.61. The third kappa shape index (κ3) is 7.56. The Morgan fingerprint density at radius 1 is 1.00 bits per heavy atom. The molecule has 0 bridgehead atoms. The van der Waals surface area contributed by atoms with Gasteiger partial charge < -0.3 is 9.47 Å². The molecule has 0 aliphatic heterocycles. The molecule has 1 aromatic carbocycles. The van der Waals surface area contributed by atoms with Crippen molar-refractivity contribution in [2.45, 2.75) is 33.1 Å². The average molecular weight is 278 g/mol. The zero-order valence-electron chi connectivity index (χ0n) is 12.1. The fraction of sp³-hybridized carbons (Fsp3) is 0.500. The monoisotopic (exact) mass is 278 g/mol. The number of rotatable bonds is 8. The van der Waals surface area contributed by atoms with Gasteiger partial charge in [-0.3, -0.25) is 9.59 Å². The first-order chi connectivity index (χ1) is 9.58. The minimum atomic E-state index is -0.359. The molecule has 0 aliphatic carbocycles. The molecule has 0 saturated carbocycles. The predicted molar refractivity (Wildman–Crippen MR) is 76.1 cm³/mol. The molecule has 1 rings (SSSR count). The Kier molecular flexibility index (Phi) is 7.40. The van der Waals surface area contributed by atoms with Gasteiger partial charge >= 0.3 is 11.9 Å². The van der Waals surface area contributed by atoms with Crippen molar-refractivity contribution in [2.24, 2.45) is 5.92 Å². The molecule has 20 heavy (non-hydrogen) atoms. The van der Waals surface area contributed by atoms with Gasteiger partial charge in [0.15, 0.2) is 0 Å². The first kappa shape index (κ1) is 16.2. The van der Waals surface area contributed by atoms with E-state index in [9.17, 15) is 9.59 Å². The summed E-state index contributed by atoms with van der Waals surface area (Å²) in [5.74, 6) is -0.405. The summed E-state index contributed by atoms with van der Waals surface area (Å²) in [7, 11) is 0. The SMILES string of the molecule is CC(C)COC(=O)CCC(=O)OCCc1ccccc1. The topological polar surface area (TPSA) is 52.6 Å². The highest BCUT2D eigenvalue weighted by molar-refractivity contribution is 5.77. The number of hydrogen-bond acceptors (Lipinski definition) is 4. The van der Waals surface area contributed by atoms with Crippen molar-refractivity contribution in [3.8, 4) is 0 Å². The van der Waals surface area contributed by atoms with Gasteiger partial charge in [0, 0.05) is 6.42 Å². The van der Waals surface area contributed by atoms with Gasteiger partial charge in [-0.05, 0) is 11.5 Å². The number of ether oxygens (including phenoxy) is 2. The minimum absolute atomic E-state index is 0.0751. The largest absolute Gasteiger partial charge is 0.465 e. The van der Waals surface area contributed by atoms with Crippen LogP contribution in [0.3, 0.4) is 0 Å². The predicted octanol–water partition coefficient (Wildman–Crippen LogP) is 2.75. The Morgan fingerprint density at radius 2 is 1.60 bits per heavy atom. The van der Waals surface area contributed by atoms with E-state index in [1.54, 1.807) is 0 Å². The fourth-order valence-corrected chi connectivity index (χ4v) is 1.54. The van der Waals surface area contributed by atoms with E-state index in [4.69, 9.17) is 9.47 Å². The van der Waals surface area contributed by atoms with Gasteiger partial charge in [-0.25, -0.2) is 0 Å². The van der Waals surface area contributed by atoms with Gasteiger partial charge in [0.25, 0.3) is 0 Å². The van der Waals surface area contributed by atoms with E-state index in [-0.39, 0.29) is 24.8 Å². The summed E-state index contributed by atoms with van der Waals surface area (Å²) in [6.45, 7) is 4.65. The van der Waals surface area contributed by atoms with Crippen molar-refractivity contribution in [3.63, 3.8) is 0 Å². The van der Waals surface area contributed by atoms with Crippen LogP contribution < -0.4 is 0 Å². The fourth-order valence-electron chi connectivity index (χ4n) is 1.54. The van der Waals surface area contributed by atoms with Crippen LogP contribution in [0.4, 0.5) is 0 Å². The van der Waals surface area contributed by atoms with E-state index < -0.39 is 0 Å². The number of carbonyl (C=O) groups is 2. The van der Waals surface area contributed by atoms with Crippen molar-refractivity contribution in [1.82, 2.24) is 0 Å². The lowest BCUT2D eigenvalue weighted by Gasteiger charge is -2.07. The Labute approximate surface area is 120 Å². The lowest BCUT2D eigenvalue weighted by atomic mass is 10.2. The van der Waals surface area contributed by atoms with Crippen molar-refractivity contribution in [3.05, 3.63) is 35.9 Å². The smallest absolute Gasteiger partial charge is 0.306 e. The highest BCUT2D eigenvalue weighted by atomic mass is 16.5. The summed E-state index contributed by atoms with van der Waals surface area (Å²) >= 11 is 0. The highest BCUT2D eigenvalue weighted by Crippen LogP contribution is 2.02. The van der Waals surface area contributed by atoms with Crippen LogP contribution in [0, 0.1) is 5.92 Å². The second-order valence-electron chi connectivity index (χ2n) is 5.03. The number of carbonyl (C=O) groups excluding carboxylic acids is 2. The van der Waals surface area contributed by atoms with Crippen molar-refractivity contribution >= 4 is 11.9 Å². The van der Waals surface area contributed by atoms with Crippen LogP contribution in [0.2, 0.25) is 0 Å². The van der Waals surface area contributed by atoms with Crippen molar-refractivity contribution in [2.75, 3.05) is 13.2 Å². The second-order valence-corrected chi connectivity index (χ2v) is 5.03. The third-order valence-electron chi connectivity index (χ3n) is 2.61. The molecule has 0 spiro atoms. The van der Waals surface area contributed by atoms with Gasteiger partial charge in [0.2, 0.25) is 0 Å². The lowest BCUT2D eigenvalue weighted by molar-refractivity contribution is -0.150. The van der Waals surface area contributed by atoms with E-state index in [1.807, 2.05) is 44.2 Å². The van der Waals surface area contributed by atoms with Crippen LogP contribution in [0.5, 0.6) is 0 Å². The van der Waals surface area contributed by atoms with E-state index in [2.05, 4.69) is 0 Å². The Morgan fingerprint density at radius 3 is 2.20 bits per heavy atom. The first-order valence-electron chi connectivity index (χ1n) is 6.93. The molecule has 0 radical (unpaired) electrons. The molecular weight excluding hydrogens is 256 g/mol. The van der Waals surface area contributed by atoms with Crippen LogP contribution in [-0.2, 0) is 25.5 Å². The molecule has 0 aliphatic rings. The van der Waals surface area contributed by atoms with Crippen molar-refractivity contribution in [1.29, 1.82) is 0 Å². The van der Waals surface area contributed by atoms with Gasteiger partial charge in [-0.15, -0.1) is 0 Å². The molecule has 0 aromatic heterocycles. The zero-order valence-corrected chi connectivity index (χ0v) is 12.1. The Balaban J connectivity index is 2.10. The molecule has 110 valence electrons. The standard InChI is InChI=1S/C16H22O4/c1-13(2)12-20-16(18)9-8-15(17)19-11-10-14-6-4-3-5-7-14/h3-7,13H,8-12H2,1-2H3. The lowest BCUT2D eigenvalue weighted by Crippen LogP contribution is -2.13. The van der Waals surface area contributed by atoms with Crippen molar-refractivity contribution < 1.29 is 19.1 Å². The summed E-state index contributed by atoms with van der Waals surface area (Å²) in [6, 6.07) is 9.80. The van der Waals surface area contributed by atoms with Gasteiger partial charge in [0.05, 0.1) is 26.1 Å². The summed E-state index contributed by atoms with van der Waals surface area (Å²) in [6.07, 6.45) is 0.840. The maximum Gasteiger partial charge on any atom is 0.306 e. The molecular formula is C16H22O4. The van der Waals surface area contributed by atoms with Crippen LogP contribution in [0.15, 0.2) is 30.3 Å². The van der Waals surface area contributed by atoms with Gasteiger partial charge in [-0.2, -0.15) is 0 Å².